The maximum Gasteiger partial charge on any atom is 0.337 e. The molecule has 1 aromatic rings. The number of nitrogens with zero attached hydrogens (tertiary/aromatic N) is 1. The lowest BCUT2D eigenvalue weighted by molar-refractivity contribution is 0.0600. The van der Waals surface area contributed by atoms with Gasteiger partial charge in [0.25, 0.3) is 0 Å². The number of carbonyl (C=O) groups is 1. The fourth-order valence-electron chi connectivity index (χ4n) is 1.07. The highest BCUT2D eigenvalue weighted by molar-refractivity contribution is 8.78. The van der Waals surface area contributed by atoms with Crippen molar-refractivity contribution >= 4 is 42.1 Å². The highest BCUT2D eigenvalue weighted by Crippen LogP contribution is 2.42. The third kappa shape index (κ3) is 1.80. The first-order chi connectivity index (χ1) is 6.70. The Morgan fingerprint density at radius 2 is 2.43 bits per heavy atom. The van der Waals surface area contributed by atoms with E-state index in [0.717, 1.165) is 10.6 Å². The molecule has 0 bridgehead atoms. The molecule has 74 valence electrons. The Morgan fingerprint density at radius 3 is 3.14 bits per heavy atom. The number of ether oxygens (including phenoxy) is 1. The molecule has 0 saturated carbocycles. The van der Waals surface area contributed by atoms with Gasteiger partial charge in [0, 0.05) is 4.90 Å². The van der Waals surface area contributed by atoms with Crippen LogP contribution >= 0.6 is 21.5 Å². The highest BCUT2D eigenvalue weighted by atomic mass is 35.7. The Hall–Kier alpha value is -0.520. The SMILES string of the molecule is COC(=O)c1ccc2c(c1)SS(Cl)=N2. The van der Waals surface area contributed by atoms with Gasteiger partial charge >= 0.3 is 5.97 Å². The Kier molecular flexibility index (Phi) is 2.80. The molecule has 0 spiro atoms. The van der Waals surface area contributed by atoms with Gasteiger partial charge in [0.2, 0.25) is 0 Å². The van der Waals surface area contributed by atoms with E-state index < -0.39 is 8.94 Å². The molecule has 1 aliphatic heterocycles. The second kappa shape index (κ2) is 3.92. The van der Waals surface area contributed by atoms with Crippen molar-refractivity contribution in [1.82, 2.24) is 0 Å². The van der Waals surface area contributed by atoms with E-state index in [0.29, 0.717) is 5.56 Å². The van der Waals surface area contributed by atoms with E-state index in [2.05, 4.69) is 9.10 Å². The van der Waals surface area contributed by atoms with Gasteiger partial charge in [-0.3, -0.25) is 0 Å². The maximum atomic E-state index is 11.2. The van der Waals surface area contributed by atoms with Gasteiger partial charge < -0.3 is 4.74 Å². The molecule has 1 unspecified atom stereocenters. The highest BCUT2D eigenvalue weighted by Gasteiger charge is 2.15. The molecule has 14 heavy (non-hydrogen) atoms. The molecule has 1 heterocycles. The molecular weight excluding hydrogens is 242 g/mol. The Morgan fingerprint density at radius 1 is 1.64 bits per heavy atom. The molecule has 0 aliphatic carbocycles. The van der Waals surface area contributed by atoms with E-state index in [1.165, 1.54) is 17.9 Å². The zero-order chi connectivity index (χ0) is 10.1. The van der Waals surface area contributed by atoms with Crippen molar-refractivity contribution in [3.05, 3.63) is 23.8 Å². The summed E-state index contributed by atoms with van der Waals surface area (Å²) in [7, 11) is 8.13. The summed E-state index contributed by atoms with van der Waals surface area (Å²) in [4.78, 5) is 12.1. The molecule has 0 saturated heterocycles. The van der Waals surface area contributed by atoms with Crippen LogP contribution in [-0.4, -0.2) is 13.1 Å². The van der Waals surface area contributed by atoms with E-state index >= 15 is 0 Å². The van der Waals surface area contributed by atoms with Crippen LogP contribution in [0.5, 0.6) is 0 Å². The van der Waals surface area contributed by atoms with Crippen molar-refractivity contribution in [2.45, 2.75) is 4.90 Å². The molecule has 0 aromatic heterocycles. The van der Waals surface area contributed by atoms with E-state index in [-0.39, 0.29) is 5.97 Å². The Balaban J connectivity index is 2.37. The Labute approximate surface area is 91.8 Å². The molecule has 1 atom stereocenters. The fraction of sp³-hybridized carbons (Fsp3) is 0.125. The van der Waals surface area contributed by atoms with Crippen LogP contribution in [0.1, 0.15) is 10.4 Å². The first-order valence-electron chi connectivity index (χ1n) is 3.74. The van der Waals surface area contributed by atoms with E-state index in [1.807, 2.05) is 0 Å². The molecule has 1 aliphatic rings. The molecule has 1 aromatic carbocycles. The molecule has 3 nitrogen and oxygen atoms in total. The fourth-order valence-corrected chi connectivity index (χ4v) is 4.03. The molecule has 2 rings (SSSR count). The minimum atomic E-state index is -0.531. The van der Waals surface area contributed by atoms with E-state index in [9.17, 15) is 4.79 Å². The number of fused-ring (bicyclic) bond motifs is 1. The summed E-state index contributed by atoms with van der Waals surface area (Å²) in [5.74, 6) is -0.338. The lowest BCUT2D eigenvalue weighted by Gasteiger charge is -2.00. The minimum Gasteiger partial charge on any atom is -0.465 e. The summed E-state index contributed by atoms with van der Waals surface area (Å²) in [6.45, 7) is 0. The van der Waals surface area contributed by atoms with Crippen LogP contribution in [-0.2, 0) is 13.7 Å². The van der Waals surface area contributed by atoms with Crippen molar-refractivity contribution in [1.29, 1.82) is 0 Å². The van der Waals surface area contributed by atoms with Gasteiger partial charge in [0.05, 0.1) is 27.3 Å². The smallest absolute Gasteiger partial charge is 0.337 e. The first-order valence-corrected chi connectivity index (χ1v) is 7.08. The average molecular weight is 248 g/mol. The predicted octanol–water partition coefficient (Wildman–Crippen LogP) is 3.08. The van der Waals surface area contributed by atoms with Crippen molar-refractivity contribution in [3.8, 4) is 0 Å². The van der Waals surface area contributed by atoms with Gasteiger partial charge in [-0.15, -0.1) is 0 Å². The molecule has 6 heteroatoms. The third-order valence-electron chi connectivity index (χ3n) is 1.71. The summed E-state index contributed by atoms with van der Waals surface area (Å²) in [5.41, 5.74) is 1.38. The number of esters is 1. The van der Waals surface area contributed by atoms with Crippen LogP contribution in [0.4, 0.5) is 5.69 Å². The second-order valence-electron chi connectivity index (χ2n) is 2.56. The van der Waals surface area contributed by atoms with E-state index in [4.69, 9.17) is 10.7 Å². The van der Waals surface area contributed by atoms with Crippen LogP contribution in [0.3, 0.4) is 0 Å². The van der Waals surface area contributed by atoms with Crippen molar-refractivity contribution in [3.63, 3.8) is 0 Å². The van der Waals surface area contributed by atoms with Gasteiger partial charge in [-0.05, 0) is 39.7 Å². The number of halogens is 1. The van der Waals surface area contributed by atoms with Crippen LogP contribution in [0, 0.1) is 0 Å². The largest absolute Gasteiger partial charge is 0.465 e. The zero-order valence-electron chi connectivity index (χ0n) is 7.19. The second-order valence-corrected chi connectivity index (χ2v) is 6.63. The number of benzene rings is 1. The number of rotatable bonds is 1. The van der Waals surface area contributed by atoms with Crippen molar-refractivity contribution in [2.75, 3.05) is 7.11 Å². The zero-order valence-corrected chi connectivity index (χ0v) is 9.58. The Bertz CT molecular complexity index is 433. The summed E-state index contributed by atoms with van der Waals surface area (Å²) < 4.78 is 8.80. The summed E-state index contributed by atoms with van der Waals surface area (Å²) in [6, 6.07) is 5.23. The normalized spacial score (nSPS) is 18.6. The quantitative estimate of drug-likeness (QED) is 0.566. The number of carbonyl (C=O) groups excluding carboxylic acids is 1. The molecule has 0 fully saturated rings. The predicted molar refractivity (Wildman–Crippen MR) is 58.9 cm³/mol. The molecule has 0 N–H and O–H groups in total. The van der Waals surface area contributed by atoms with Gasteiger partial charge in [0.1, 0.15) is 0 Å². The summed E-state index contributed by atoms with van der Waals surface area (Å²) in [5, 5.41) is 0. The van der Waals surface area contributed by atoms with Gasteiger partial charge in [-0.25, -0.2) is 9.16 Å². The van der Waals surface area contributed by atoms with Gasteiger partial charge in [0.15, 0.2) is 0 Å². The topological polar surface area (TPSA) is 38.7 Å². The molecule has 0 radical (unpaired) electrons. The van der Waals surface area contributed by atoms with Crippen molar-refractivity contribution in [2.24, 2.45) is 4.36 Å². The van der Waals surface area contributed by atoms with Crippen molar-refractivity contribution < 1.29 is 9.53 Å². The van der Waals surface area contributed by atoms with Crippen LogP contribution < -0.4 is 0 Å². The first kappa shape index (κ1) is 10.0. The molecule has 0 amide bonds. The van der Waals surface area contributed by atoms with Gasteiger partial charge in [-0.2, -0.15) is 0 Å². The standard InChI is InChI=1S/C8H6ClNO2S2/c1-12-8(11)5-2-3-6-7(4-5)13-14(9)10-6/h2-4H,1H3. The molecular formula is C8H6ClNO2S2. The number of hydrogen-bond donors (Lipinski definition) is 0. The van der Waals surface area contributed by atoms with Crippen LogP contribution in [0.25, 0.3) is 0 Å². The number of methoxy groups -OCH3 is 1. The van der Waals surface area contributed by atoms with Crippen LogP contribution in [0.15, 0.2) is 27.5 Å². The summed E-state index contributed by atoms with van der Waals surface area (Å²) >= 11 is 0. The third-order valence-corrected chi connectivity index (χ3v) is 4.64. The van der Waals surface area contributed by atoms with Crippen LogP contribution in [0.2, 0.25) is 0 Å². The van der Waals surface area contributed by atoms with Gasteiger partial charge in [-0.1, -0.05) is 0 Å². The minimum absolute atomic E-state index is 0.338. The lowest BCUT2D eigenvalue weighted by atomic mass is 10.2. The van der Waals surface area contributed by atoms with E-state index in [1.54, 1.807) is 18.2 Å². The maximum absolute atomic E-state index is 11.2. The lowest BCUT2D eigenvalue weighted by Crippen LogP contribution is -2.00. The number of hydrogen-bond acceptors (Lipinski definition) is 4. The summed E-state index contributed by atoms with van der Waals surface area (Å²) in [6.07, 6.45) is 0. The monoisotopic (exact) mass is 247 g/mol. The average Bonchev–Trinajstić information content (AvgIpc) is 2.55.